The highest BCUT2D eigenvalue weighted by molar-refractivity contribution is 5.94. The first-order valence-corrected chi connectivity index (χ1v) is 11.3. The van der Waals surface area contributed by atoms with Gasteiger partial charge >= 0.3 is 5.97 Å². The number of benzene rings is 3. The zero-order valence-electron chi connectivity index (χ0n) is 18.9. The van der Waals surface area contributed by atoms with E-state index >= 15 is 0 Å². The van der Waals surface area contributed by atoms with E-state index in [0.717, 1.165) is 5.56 Å². The quantitative estimate of drug-likeness (QED) is 0.405. The molecule has 8 heteroatoms. The molecule has 3 N–H and O–H groups in total. The number of amides is 1. The molecule has 1 aliphatic rings. The summed E-state index contributed by atoms with van der Waals surface area (Å²) in [7, 11) is 0. The van der Waals surface area contributed by atoms with E-state index in [1.807, 2.05) is 30.3 Å². The number of nitrogens with one attached hydrogen (secondary N) is 1. The maximum Gasteiger partial charge on any atom is 0.338 e. The van der Waals surface area contributed by atoms with Crippen LogP contribution in [0.5, 0.6) is 0 Å². The number of hydrogen-bond acceptors (Lipinski definition) is 7. The summed E-state index contributed by atoms with van der Waals surface area (Å²) in [6, 6.07) is 25.3. The van der Waals surface area contributed by atoms with Gasteiger partial charge in [0.15, 0.2) is 12.4 Å². The third kappa shape index (κ3) is 6.12. The van der Waals surface area contributed by atoms with E-state index in [0.29, 0.717) is 11.1 Å². The fourth-order valence-electron chi connectivity index (χ4n) is 3.87. The third-order valence-corrected chi connectivity index (χ3v) is 5.67. The number of carbonyl (C=O) groups is 2. The van der Waals surface area contributed by atoms with Gasteiger partial charge in [0.2, 0.25) is 0 Å². The minimum Gasteiger partial charge on any atom is -0.453 e. The van der Waals surface area contributed by atoms with Crippen LogP contribution < -0.4 is 5.32 Å². The van der Waals surface area contributed by atoms with E-state index in [1.165, 1.54) is 0 Å². The summed E-state index contributed by atoms with van der Waals surface area (Å²) in [5, 5.41) is 22.9. The lowest BCUT2D eigenvalue weighted by Gasteiger charge is -2.26. The Balaban J connectivity index is 1.60. The summed E-state index contributed by atoms with van der Waals surface area (Å²) in [5.41, 5.74) is 1.56. The molecule has 4 rings (SSSR count). The number of aliphatic hydroxyl groups is 2. The lowest BCUT2D eigenvalue weighted by molar-refractivity contribution is -0.171. The number of hydrogen-bond donors (Lipinski definition) is 3. The van der Waals surface area contributed by atoms with Crippen LogP contribution in [-0.2, 0) is 20.8 Å². The summed E-state index contributed by atoms with van der Waals surface area (Å²) in [5.74, 6) is -1.08. The van der Waals surface area contributed by atoms with Crippen molar-refractivity contribution in [3.63, 3.8) is 0 Å². The molecule has 182 valence electrons. The highest BCUT2D eigenvalue weighted by Gasteiger charge is 2.51. The minimum atomic E-state index is -1.37. The van der Waals surface area contributed by atoms with Gasteiger partial charge in [-0.2, -0.15) is 0 Å². The van der Waals surface area contributed by atoms with E-state index in [2.05, 4.69) is 5.32 Å². The monoisotopic (exact) mass is 477 g/mol. The van der Waals surface area contributed by atoms with Crippen molar-refractivity contribution in [2.75, 3.05) is 6.61 Å². The van der Waals surface area contributed by atoms with Crippen molar-refractivity contribution < 1.29 is 34.0 Å². The molecule has 1 aliphatic heterocycles. The van der Waals surface area contributed by atoms with E-state index in [9.17, 15) is 19.8 Å². The number of rotatable bonds is 9. The van der Waals surface area contributed by atoms with Crippen molar-refractivity contribution in [3.8, 4) is 0 Å². The van der Waals surface area contributed by atoms with Crippen LogP contribution in [0, 0.1) is 0 Å². The molecule has 5 atom stereocenters. The van der Waals surface area contributed by atoms with Crippen LogP contribution >= 0.6 is 0 Å². The Morgan fingerprint density at radius 1 is 0.886 bits per heavy atom. The Bertz CT molecular complexity index is 1090. The van der Waals surface area contributed by atoms with Crippen LogP contribution in [0.25, 0.3) is 0 Å². The maximum atomic E-state index is 13.0. The molecule has 0 saturated carbocycles. The molecular formula is C27H27NO7. The average Bonchev–Trinajstić information content (AvgIpc) is 3.25. The average molecular weight is 478 g/mol. The normalized spacial score (nSPS) is 22.3. The Morgan fingerprint density at radius 3 is 2.06 bits per heavy atom. The molecule has 1 unspecified atom stereocenters. The van der Waals surface area contributed by atoms with Crippen LogP contribution in [-0.4, -0.2) is 59.3 Å². The second-order valence-electron chi connectivity index (χ2n) is 8.12. The van der Waals surface area contributed by atoms with Crippen molar-refractivity contribution >= 4 is 11.9 Å². The SMILES string of the molecule is O=C(N[C@H]1C(OCc2ccccc2)O[C@H]([C@H](O)CO)[C@@H]1OC(=O)c1ccccc1)c1ccccc1. The van der Waals surface area contributed by atoms with Crippen LogP contribution in [0.1, 0.15) is 26.3 Å². The van der Waals surface area contributed by atoms with E-state index < -0.39 is 49.1 Å². The maximum absolute atomic E-state index is 13.0. The summed E-state index contributed by atoms with van der Waals surface area (Å²) < 4.78 is 17.6. The Morgan fingerprint density at radius 2 is 1.46 bits per heavy atom. The second-order valence-corrected chi connectivity index (χ2v) is 8.12. The highest BCUT2D eigenvalue weighted by Crippen LogP contribution is 2.29. The zero-order chi connectivity index (χ0) is 24.6. The van der Waals surface area contributed by atoms with Crippen LogP contribution in [0.3, 0.4) is 0 Å². The highest BCUT2D eigenvalue weighted by atomic mass is 16.7. The van der Waals surface area contributed by atoms with Crippen molar-refractivity contribution in [2.45, 2.75) is 37.3 Å². The summed E-state index contributed by atoms with van der Waals surface area (Å²) in [4.78, 5) is 25.9. The van der Waals surface area contributed by atoms with Gasteiger partial charge in [-0.1, -0.05) is 66.7 Å². The second kappa shape index (κ2) is 11.7. The summed E-state index contributed by atoms with van der Waals surface area (Å²) >= 11 is 0. The Kier molecular flexibility index (Phi) is 8.23. The predicted octanol–water partition coefficient (Wildman–Crippen LogP) is 2.31. The number of aliphatic hydroxyl groups excluding tert-OH is 2. The molecule has 35 heavy (non-hydrogen) atoms. The molecule has 3 aromatic carbocycles. The number of ether oxygens (including phenoxy) is 3. The molecule has 0 aliphatic carbocycles. The molecule has 1 saturated heterocycles. The van der Waals surface area contributed by atoms with E-state index in [1.54, 1.807) is 60.7 Å². The lowest BCUT2D eigenvalue weighted by atomic mass is 10.0. The number of esters is 1. The summed E-state index contributed by atoms with van der Waals surface area (Å²) in [6.45, 7) is -0.473. The molecule has 0 aromatic heterocycles. The molecule has 1 amide bonds. The van der Waals surface area contributed by atoms with Crippen molar-refractivity contribution in [2.24, 2.45) is 0 Å². The fraction of sp³-hybridized carbons (Fsp3) is 0.259. The van der Waals surface area contributed by atoms with Crippen molar-refractivity contribution in [1.29, 1.82) is 0 Å². The molecule has 8 nitrogen and oxygen atoms in total. The fourth-order valence-corrected chi connectivity index (χ4v) is 3.87. The summed E-state index contributed by atoms with van der Waals surface area (Å²) in [6.07, 6.45) is -4.68. The van der Waals surface area contributed by atoms with Crippen LogP contribution in [0.4, 0.5) is 0 Å². The van der Waals surface area contributed by atoms with Gasteiger partial charge in [0, 0.05) is 5.56 Å². The minimum absolute atomic E-state index is 0.157. The first kappa shape index (κ1) is 24.6. The van der Waals surface area contributed by atoms with Gasteiger partial charge in [-0.15, -0.1) is 0 Å². The van der Waals surface area contributed by atoms with E-state index in [4.69, 9.17) is 14.2 Å². The van der Waals surface area contributed by atoms with Gasteiger partial charge < -0.3 is 29.7 Å². The Labute approximate surface area is 203 Å². The topological polar surface area (TPSA) is 114 Å². The van der Waals surface area contributed by atoms with Gasteiger partial charge in [-0.05, 0) is 29.8 Å². The zero-order valence-corrected chi connectivity index (χ0v) is 18.9. The molecule has 0 spiro atoms. The first-order chi connectivity index (χ1) is 17.1. The van der Waals surface area contributed by atoms with Gasteiger partial charge in [-0.25, -0.2) is 4.79 Å². The molecule has 0 bridgehead atoms. The molecular weight excluding hydrogens is 450 g/mol. The lowest BCUT2D eigenvalue weighted by Crippen LogP contribution is -2.51. The standard InChI is InChI=1S/C27H27NO7/c29-16-21(30)23-24(34-26(32)20-14-8-3-9-15-20)22(28-25(31)19-12-6-2-7-13-19)27(35-23)33-17-18-10-4-1-5-11-18/h1-15,21-24,27,29-30H,16-17H2,(H,28,31)/t21-,22-,23-,24-,27?/m1/s1. The van der Waals surface area contributed by atoms with Crippen LogP contribution in [0.15, 0.2) is 91.0 Å². The molecule has 1 fully saturated rings. The van der Waals surface area contributed by atoms with Crippen molar-refractivity contribution in [3.05, 3.63) is 108 Å². The first-order valence-electron chi connectivity index (χ1n) is 11.3. The van der Waals surface area contributed by atoms with Crippen molar-refractivity contribution in [1.82, 2.24) is 5.32 Å². The smallest absolute Gasteiger partial charge is 0.338 e. The number of carbonyl (C=O) groups excluding carboxylic acids is 2. The van der Waals surface area contributed by atoms with Crippen LogP contribution in [0.2, 0.25) is 0 Å². The predicted molar refractivity (Wildman–Crippen MR) is 126 cm³/mol. The Hall–Kier alpha value is -3.56. The van der Waals surface area contributed by atoms with Gasteiger partial charge in [0.05, 0.1) is 18.8 Å². The van der Waals surface area contributed by atoms with Gasteiger partial charge in [0.25, 0.3) is 5.91 Å². The molecule has 1 heterocycles. The van der Waals surface area contributed by atoms with E-state index in [-0.39, 0.29) is 6.61 Å². The van der Waals surface area contributed by atoms with Gasteiger partial charge in [-0.3, -0.25) is 4.79 Å². The molecule has 0 radical (unpaired) electrons. The third-order valence-electron chi connectivity index (χ3n) is 5.67. The largest absolute Gasteiger partial charge is 0.453 e. The van der Waals surface area contributed by atoms with Gasteiger partial charge in [0.1, 0.15) is 18.2 Å². The molecule has 3 aromatic rings.